The second-order valence-corrected chi connectivity index (χ2v) is 3.75. The van der Waals surface area contributed by atoms with E-state index in [1.165, 1.54) is 24.8 Å². The number of ether oxygens (including phenoxy) is 1. The quantitative estimate of drug-likeness (QED) is 0.737. The van der Waals surface area contributed by atoms with E-state index in [2.05, 4.69) is 0 Å². The van der Waals surface area contributed by atoms with Crippen molar-refractivity contribution >= 4 is 0 Å². The zero-order chi connectivity index (χ0) is 13.5. The second-order valence-electron chi connectivity index (χ2n) is 3.75. The maximum absolute atomic E-state index is 13.3. The maximum Gasteiger partial charge on any atom is 0.127 e. The molecule has 0 aliphatic carbocycles. The Morgan fingerprint density at radius 3 is 2.06 bits per heavy atom. The van der Waals surface area contributed by atoms with Crippen LogP contribution < -0.4 is 4.74 Å². The van der Waals surface area contributed by atoms with Gasteiger partial charge in [0.25, 0.3) is 0 Å². The first-order valence-corrected chi connectivity index (χ1v) is 6.10. The molecule has 0 fully saturated rings. The summed E-state index contributed by atoms with van der Waals surface area (Å²) in [5, 5.41) is 0. The predicted molar refractivity (Wildman–Crippen MR) is 74.5 cm³/mol. The van der Waals surface area contributed by atoms with Crippen LogP contribution in [-0.2, 0) is 0 Å². The summed E-state index contributed by atoms with van der Waals surface area (Å²) in [6.45, 7) is 6.02. The highest BCUT2D eigenvalue weighted by atomic mass is 19.1. The van der Waals surface area contributed by atoms with Crippen LogP contribution in [0.15, 0.2) is 42.5 Å². The van der Waals surface area contributed by atoms with Gasteiger partial charge in [-0.1, -0.05) is 43.7 Å². The number of benzene rings is 2. The molecule has 0 atom stereocenters. The molecule has 2 aromatic rings. The fourth-order valence-corrected chi connectivity index (χ4v) is 1.59. The Bertz CT molecular complexity index is 489. The number of aryl methyl sites for hydroxylation is 1. The Morgan fingerprint density at radius 1 is 0.889 bits per heavy atom. The van der Waals surface area contributed by atoms with E-state index in [1.807, 2.05) is 51.1 Å². The molecule has 2 rings (SSSR count). The summed E-state index contributed by atoms with van der Waals surface area (Å²) >= 11 is 0. The van der Waals surface area contributed by atoms with Crippen molar-refractivity contribution in [2.24, 2.45) is 0 Å². The van der Waals surface area contributed by atoms with Crippen molar-refractivity contribution in [3.05, 3.63) is 53.8 Å². The molecule has 0 heterocycles. The fourth-order valence-electron chi connectivity index (χ4n) is 1.59. The van der Waals surface area contributed by atoms with Gasteiger partial charge in [0.15, 0.2) is 0 Å². The number of methoxy groups -OCH3 is 1. The van der Waals surface area contributed by atoms with E-state index < -0.39 is 0 Å². The van der Waals surface area contributed by atoms with Crippen LogP contribution in [-0.4, -0.2) is 7.11 Å². The highest BCUT2D eigenvalue weighted by molar-refractivity contribution is 5.65. The van der Waals surface area contributed by atoms with E-state index in [0.717, 1.165) is 11.1 Å². The lowest BCUT2D eigenvalue weighted by molar-refractivity contribution is 0.411. The summed E-state index contributed by atoms with van der Waals surface area (Å²) in [6, 6.07) is 12.7. The van der Waals surface area contributed by atoms with Crippen LogP contribution in [0.2, 0.25) is 0 Å². The molecule has 2 heteroatoms. The Labute approximate surface area is 108 Å². The Hall–Kier alpha value is -1.83. The average molecular weight is 246 g/mol. The van der Waals surface area contributed by atoms with Crippen LogP contribution in [0.25, 0.3) is 11.1 Å². The largest absolute Gasteiger partial charge is 0.497 e. The van der Waals surface area contributed by atoms with E-state index in [-0.39, 0.29) is 5.82 Å². The molecule has 0 saturated carbocycles. The van der Waals surface area contributed by atoms with E-state index in [9.17, 15) is 4.39 Å². The first-order valence-electron chi connectivity index (χ1n) is 6.10. The third-order valence-electron chi connectivity index (χ3n) is 2.49. The molecule has 0 radical (unpaired) electrons. The molecule has 0 N–H and O–H groups in total. The smallest absolute Gasteiger partial charge is 0.127 e. The van der Waals surface area contributed by atoms with Gasteiger partial charge in [0, 0.05) is 6.07 Å². The minimum atomic E-state index is -0.282. The number of rotatable bonds is 2. The molecule has 0 bridgehead atoms. The topological polar surface area (TPSA) is 9.23 Å². The molecule has 2 aromatic carbocycles. The minimum absolute atomic E-state index is 0.282. The van der Waals surface area contributed by atoms with Crippen LogP contribution in [0, 0.1) is 12.7 Å². The molecule has 96 valence electrons. The van der Waals surface area contributed by atoms with Gasteiger partial charge in [-0.3, -0.25) is 0 Å². The minimum Gasteiger partial charge on any atom is -0.497 e. The van der Waals surface area contributed by atoms with Gasteiger partial charge < -0.3 is 4.74 Å². The van der Waals surface area contributed by atoms with E-state index in [4.69, 9.17) is 4.74 Å². The zero-order valence-corrected chi connectivity index (χ0v) is 11.3. The third kappa shape index (κ3) is 3.59. The standard InChI is InChI=1S/C14H13FO.C2H6/c1-10-3-5-11(6-4-10)12-7-13(15)9-14(8-12)16-2;1-2/h3-9H,1-2H3;1-2H3. The molecular weight excluding hydrogens is 227 g/mol. The van der Waals surface area contributed by atoms with Gasteiger partial charge in [0.1, 0.15) is 11.6 Å². The van der Waals surface area contributed by atoms with Crippen molar-refractivity contribution in [1.29, 1.82) is 0 Å². The van der Waals surface area contributed by atoms with Crippen LogP contribution >= 0.6 is 0 Å². The maximum atomic E-state index is 13.3. The zero-order valence-electron chi connectivity index (χ0n) is 11.3. The second kappa shape index (κ2) is 6.80. The van der Waals surface area contributed by atoms with Crippen LogP contribution in [0.4, 0.5) is 4.39 Å². The molecule has 18 heavy (non-hydrogen) atoms. The number of hydrogen-bond donors (Lipinski definition) is 0. The summed E-state index contributed by atoms with van der Waals surface area (Å²) in [6.07, 6.45) is 0. The normalized spacial score (nSPS) is 9.39. The van der Waals surface area contributed by atoms with Crippen molar-refractivity contribution < 1.29 is 9.13 Å². The van der Waals surface area contributed by atoms with Gasteiger partial charge in [0.05, 0.1) is 7.11 Å². The summed E-state index contributed by atoms with van der Waals surface area (Å²) in [7, 11) is 1.54. The van der Waals surface area contributed by atoms with Gasteiger partial charge in [-0.15, -0.1) is 0 Å². The molecule has 0 saturated heterocycles. The molecule has 0 aliphatic heterocycles. The molecule has 0 spiro atoms. The van der Waals surface area contributed by atoms with Crippen LogP contribution in [0.3, 0.4) is 0 Å². The SMILES string of the molecule is CC.COc1cc(F)cc(-c2ccc(C)cc2)c1. The van der Waals surface area contributed by atoms with Crippen molar-refractivity contribution in [3.8, 4) is 16.9 Å². The lowest BCUT2D eigenvalue weighted by Gasteiger charge is -2.06. The van der Waals surface area contributed by atoms with Gasteiger partial charge in [0.2, 0.25) is 0 Å². The first-order chi connectivity index (χ1) is 8.69. The lowest BCUT2D eigenvalue weighted by Crippen LogP contribution is -1.87. The first kappa shape index (κ1) is 14.2. The van der Waals surface area contributed by atoms with E-state index >= 15 is 0 Å². The molecule has 0 unspecified atom stereocenters. The molecule has 0 aliphatic rings. The van der Waals surface area contributed by atoms with Crippen molar-refractivity contribution in [2.45, 2.75) is 20.8 Å². The lowest BCUT2D eigenvalue weighted by atomic mass is 10.0. The summed E-state index contributed by atoms with van der Waals surface area (Å²) < 4.78 is 18.3. The molecule has 0 amide bonds. The van der Waals surface area contributed by atoms with E-state index in [0.29, 0.717) is 5.75 Å². The van der Waals surface area contributed by atoms with Crippen molar-refractivity contribution in [3.63, 3.8) is 0 Å². The summed E-state index contributed by atoms with van der Waals surface area (Å²) in [5.74, 6) is 0.255. The fraction of sp³-hybridized carbons (Fsp3) is 0.250. The average Bonchev–Trinajstić information content (AvgIpc) is 2.41. The van der Waals surface area contributed by atoms with Crippen molar-refractivity contribution in [2.75, 3.05) is 7.11 Å². The highest BCUT2D eigenvalue weighted by Gasteiger charge is 2.03. The Kier molecular flexibility index (Phi) is 5.37. The number of hydrogen-bond acceptors (Lipinski definition) is 1. The molecular formula is C16H19FO. The van der Waals surface area contributed by atoms with E-state index in [1.54, 1.807) is 0 Å². The summed E-state index contributed by atoms with van der Waals surface area (Å²) in [5.41, 5.74) is 3.01. The van der Waals surface area contributed by atoms with Gasteiger partial charge in [-0.2, -0.15) is 0 Å². The highest BCUT2D eigenvalue weighted by Crippen LogP contribution is 2.25. The summed E-state index contributed by atoms with van der Waals surface area (Å²) in [4.78, 5) is 0. The van der Waals surface area contributed by atoms with Gasteiger partial charge in [-0.25, -0.2) is 4.39 Å². The van der Waals surface area contributed by atoms with Crippen molar-refractivity contribution in [1.82, 2.24) is 0 Å². The molecule has 1 nitrogen and oxygen atoms in total. The van der Waals surface area contributed by atoms with Crippen LogP contribution in [0.1, 0.15) is 19.4 Å². The van der Waals surface area contributed by atoms with Gasteiger partial charge in [-0.05, 0) is 30.2 Å². The van der Waals surface area contributed by atoms with Gasteiger partial charge >= 0.3 is 0 Å². The Balaban J connectivity index is 0.000000771. The number of halogens is 1. The third-order valence-corrected chi connectivity index (χ3v) is 2.49. The van der Waals surface area contributed by atoms with Crippen LogP contribution in [0.5, 0.6) is 5.75 Å². The Morgan fingerprint density at radius 2 is 1.50 bits per heavy atom. The molecule has 0 aromatic heterocycles. The predicted octanol–water partition coefficient (Wildman–Crippen LogP) is 4.84. The monoisotopic (exact) mass is 246 g/mol.